The Morgan fingerprint density at radius 3 is 1.87 bits per heavy atom. The molecule has 135 valence electrons. The highest BCUT2D eigenvalue weighted by atomic mass is 16.5. The van der Waals surface area contributed by atoms with Crippen molar-refractivity contribution in [1.29, 1.82) is 0 Å². The maximum Gasteiger partial charge on any atom is 0.139 e. The van der Waals surface area contributed by atoms with Gasteiger partial charge in [-0.15, -0.1) is 0 Å². The first kappa shape index (κ1) is 22.4. The average Bonchev–Trinajstić information content (AvgIpc) is 2.56. The van der Waals surface area contributed by atoms with Gasteiger partial charge in [-0.05, 0) is 32.1 Å². The molecule has 1 radical (unpaired) electrons. The molecule has 0 bridgehead atoms. The van der Waals surface area contributed by atoms with Gasteiger partial charge in [0.15, 0.2) is 0 Å². The number of carbonyl (C=O) groups excluding carboxylic acids is 1. The summed E-state index contributed by atoms with van der Waals surface area (Å²) in [5, 5.41) is 0. The van der Waals surface area contributed by atoms with Crippen molar-refractivity contribution in [2.75, 3.05) is 13.7 Å². The molecule has 0 N–H and O–H groups in total. The van der Waals surface area contributed by atoms with E-state index in [-0.39, 0.29) is 5.78 Å². The Morgan fingerprint density at radius 1 is 0.783 bits per heavy atom. The van der Waals surface area contributed by atoms with Gasteiger partial charge in [0.25, 0.3) is 0 Å². The smallest absolute Gasteiger partial charge is 0.139 e. The van der Waals surface area contributed by atoms with Gasteiger partial charge in [-0.25, -0.2) is 0 Å². The van der Waals surface area contributed by atoms with E-state index < -0.39 is 0 Å². The first-order valence-corrected chi connectivity index (χ1v) is 9.81. The summed E-state index contributed by atoms with van der Waals surface area (Å²) >= 11 is 0. The van der Waals surface area contributed by atoms with Gasteiger partial charge < -0.3 is 4.74 Å². The third-order valence-corrected chi connectivity index (χ3v) is 4.16. The van der Waals surface area contributed by atoms with E-state index >= 15 is 0 Å². The number of methoxy groups -OCH3 is 1. The van der Waals surface area contributed by atoms with Crippen LogP contribution in [0, 0.1) is 6.42 Å². The van der Waals surface area contributed by atoms with Crippen LogP contribution in [0.3, 0.4) is 0 Å². The van der Waals surface area contributed by atoms with Gasteiger partial charge in [0.1, 0.15) is 5.78 Å². The molecule has 0 amide bonds. The molecular weight excluding hydrogens is 284 g/mol. The highest BCUT2D eigenvalue weighted by molar-refractivity contribution is 5.86. The number of ketones is 1. The SMILES string of the molecule is CCCCCCCC/C=C\CCCCCCCC(=O)[CH]COC. The molecule has 0 aliphatic carbocycles. The predicted molar refractivity (Wildman–Crippen MR) is 101 cm³/mol. The second kappa shape index (κ2) is 19.4. The van der Waals surface area contributed by atoms with Crippen molar-refractivity contribution in [3.8, 4) is 0 Å². The minimum Gasteiger partial charge on any atom is -0.384 e. The molecule has 0 aromatic rings. The van der Waals surface area contributed by atoms with E-state index in [9.17, 15) is 4.79 Å². The number of Topliss-reactive ketones (excluding diaryl/α,β-unsaturated/α-hetero) is 1. The molecule has 2 heteroatoms. The molecule has 0 heterocycles. The van der Waals surface area contributed by atoms with Crippen LogP contribution in [0.4, 0.5) is 0 Å². The number of unbranched alkanes of at least 4 members (excludes halogenated alkanes) is 11. The van der Waals surface area contributed by atoms with Crippen LogP contribution in [0.15, 0.2) is 12.2 Å². The largest absolute Gasteiger partial charge is 0.384 e. The Morgan fingerprint density at radius 2 is 1.30 bits per heavy atom. The predicted octanol–water partition coefficient (Wildman–Crippen LogP) is 6.44. The summed E-state index contributed by atoms with van der Waals surface area (Å²) in [7, 11) is 1.62. The molecule has 0 aliphatic heterocycles. The summed E-state index contributed by atoms with van der Waals surface area (Å²) in [6.07, 6.45) is 23.9. The third-order valence-electron chi connectivity index (χ3n) is 4.16. The number of ether oxygens (including phenoxy) is 1. The number of hydrogen-bond acceptors (Lipinski definition) is 2. The van der Waals surface area contributed by atoms with E-state index in [2.05, 4.69) is 19.1 Å². The van der Waals surface area contributed by atoms with E-state index in [0.29, 0.717) is 13.0 Å². The maximum atomic E-state index is 11.4. The van der Waals surface area contributed by atoms with Crippen molar-refractivity contribution in [2.24, 2.45) is 0 Å². The van der Waals surface area contributed by atoms with Crippen molar-refractivity contribution < 1.29 is 9.53 Å². The molecule has 0 rings (SSSR count). The summed E-state index contributed by atoms with van der Waals surface area (Å²) in [5.41, 5.74) is 0. The first-order chi connectivity index (χ1) is 11.3. The Balaban J connectivity index is 3.14. The number of hydrogen-bond donors (Lipinski definition) is 0. The zero-order chi connectivity index (χ0) is 17.0. The van der Waals surface area contributed by atoms with Crippen LogP contribution in [0.25, 0.3) is 0 Å². The number of carbonyl (C=O) groups is 1. The summed E-state index contributed by atoms with van der Waals surface area (Å²) < 4.78 is 4.86. The highest BCUT2D eigenvalue weighted by Crippen LogP contribution is 2.10. The fourth-order valence-corrected chi connectivity index (χ4v) is 2.65. The molecule has 23 heavy (non-hydrogen) atoms. The van der Waals surface area contributed by atoms with Gasteiger partial charge >= 0.3 is 0 Å². The highest BCUT2D eigenvalue weighted by Gasteiger charge is 2.01. The molecular formula is C21H39O2. The fourth-order valence-electron chi connectivity index (χ4n) is 2.65. The van der Waals surface area contributed by atoms with Crippen molar-refractivity contribution in [3.63, 3.8) is 0 Å². The molecule has 0 aliphatic rings. The lowest BCUT2D eigenvalue weighted by molar-refractivity contribution is -0.116. The third kappa shape index (κ3) is 19.3. The minimum absolute atomic E-state index is 0.226. The summed E-state index contributed by atoms with van der Waals surface area (Å²) in [6, 6.07) is 0. The Labute approximate surface area is 145 Å². The zero-order valence-corrected chi connectivity index (χ0v) is 15.7. The maximum absolute atomic E-state index is 11.4. The van der Waals surface area contributed by atoms with Crippen molar-refractivity contribution in [2.45, 2.75) is 96.8 Å². The summed E-state index contributed by atoms with van der Waals surface area (Å²) in [5.74, 6) is 0.226. The lowest BCUT2D eigenvalue weighted by Gasteiger charge is -2.01. The van der Waals surface area contributed by atoms with Crippen LogP contribution in [0.1, 0.15) is 96.8 Å². The van der Waals surface area contributed by atoms with Crippen LogP contribution < -0.4 is 0 Å². The molecule has 2 nitrogen and oxygen atoms in total. The molecule has 0 saturated heterocycles. The van der Waals surface area contributed by atoms with E-state index in [0.717, 1.165) is 6.42 Å². The first-order valence-electron chi connectivity index (χ1n) is 9.81. The van der Waals surface area contributed by atoms with Gasteiger partial charge in [0.2, 0.25) is 0 Å². The second-order valence-corrected chi connectivity index (χ2v) is 6.46. The van der Waals surface area contributed by atoms with Gasteiger partial charge in [-0.1, -0.05) is 70.4 Å². The van der Waals surface area contributed by atoms with Crippen molar-refractivity contribution >= 4 is 5.78 Å². The van der Waals surface area contributed by atoms with E-state index in [1.54, 1.807) is 13.5 Å². The van der Waals surface area contributed by atoms with Crippen molar-refractivity contribution in [1.82, 2.24) is 0 Å². The lowest BCUT2D eigenvalue weighted by atomic mass is 10.1. The average molecular weight is 324 g/mol. The van der Waals surface area contributed by atoms with Crippen LogP contribution in [0.2, 0.25) is 0 Å². The number of allylic oxidation sites excluding steroid dienone is 2. The molecule has 0 fully saturated rings. The minimum atomic E-state index is 0.226. The number of rotatable bonds is 18. The lowest BCUT2D eigenvalue weighted by Crippen LogP contribution is -2.03. The van der Waals surface area contributed by atoms with Crippen molar-refractivity contribution in [3.05, 3.63) is 18.6 Å². The van der Waals surface area contributed by atoms with E-state index in [1.165, 1.54) is 77.0 Å². The summed E-state index contributed by atoms with van der Waals surface area (Å²) in [6.45, 7) is 2.72. The van der Waals surface area contributed by atoms with Crippen LogP contribution in [-0.4, -0.2) is 19.5 Å². The van der Waals surface area contributed by atoms with Gasteiger partial charge in [0.05, 0.1) is 13.0 Å². The zero-order valence-electron chi connectivity index (χ0n) is 15.7. The molecule has 0 aromatic heterocycles. The molecule has 0 atom stereocenters. The van der Waals surface area contributed by atoms with Crippen LogP contribution >= 0.6 is 0 Å². The van der Waals surface area contributed by atoms with Gasteiger partial charge in [-0.2, -0.15) is 0 Å². The Bertz CT molecular complexity index is 271. The molecule has 0 unspecified atom stereocenters. The molecule has 0 saturated carbocycles. The Kier molecular flexibility index (Phi) is 18.9. The fraction of sp³-hybridized carbons (Fsp3) is 0.810. The standard InChI is InChI=1S/C21H39O2/c1-3-4-5-6-7-8-9-10-11-12-13-14-15-16-17-18-21(22)19-20-23-2/h10-11,19H,3-9,12-18,20H2,1-2H3/b11-10-. The topological polar surface area (TPSA) is 26.3 Å². The van der Waals surface area contributed by atoms with Crippen LogP contribution in [-0.2, 0) is 9.53 Å². The van der Waals surface area contributed by atoms with E-state index in [1.807, 2.05) is 0 Å². The monoisotopic (exact) mass is 323 g/mol. The quantitative estimate of drug-likeness (QED) is 0.214. The van der Waals surface area contributed by atoms with Gasteiger partial charge in [0, 0.05) is 13.5 Å². The molecule has 0 aromatic carbocycles. The Hall–Kier alpha value is -0.630. The van der Waals surface area contributed by atoms with Gasteiger partial charge in [-0.3, -0.25) is 4.79 Å². The normalized spacial score (nSPS) is 11.4. The van der Waals surface area contributed by atoms with E-state index in [4.69, 9.17) is 4.74 Å². The van der Waals surface area contributed by atoms with Crippen LogP contribution in [0.5, 0.6) is 0 Å². The second-order valence-electron chi connectivity index (χ2n) is 6.46. The summed E-state index contributed by atoms with van der Waals surface area (Å²) in [4.78, 5) is 11.4. The molecule has 0 spiro atoms.